The Morgan fingerprint density at radius 1 is 1.25 bits per heavy atom. The molecule has 0 bridgehead atoms. The second-order valence-electron chi connectivity index (χ2n) is 5.18. The molecule has 0 atom stereocenters. The van der Waals surface area contributed by atoms with Crippen LogP contribution in [0.15, 0.2) is 45.6 Å². The molecule has 2 heterocycles. The molecule has 2 aromatic carbocycles. The first kappa shape index (κ1) is 14.7. The molecule has 0 fully saturated rings. The Morgan fingerprint density at radius 2 is 2.08 bits per heavy atom. The molecule has 2 aromatic heterocycles. The minimum Gasteiger partial charge on any atom is -0.497 e. The van der Waals surface area contributed by atoms with Crippen LogP contribution in [0.5, 0.6) is 5.75 Å². The third-order valence-corrected chi connectivity index (χ3v) is 4.03. The molecule has 0 aliphatic rings. The van der Waals surface area contributed by atoms with Crippen LogP contribution in [-0.4, -0.2) is 17.1 Å². The molecule has 0 unspecified atom stereocenters. The molecule has 4 aromatic rings. The standard InChI is InChI=1S/C17H10ClFN2O3/c1-23-9-3-5-13-11(7-9)14-15(24-13)17(22)21-16(20-14)10-4-2-8(19)6-12(10)18/h2-7H,1H3,(H,20,21,22). The lowest BCUT2D eigenvalue weighted by molar-refractivity contribution is 0.415. The zero-order valence-corrected chi connectivity index (χ0v) is 13.1. The third kappa shape index (κ3) is 2.23. The third-order valence-electron chi connectivity index (χ3n) is 3.72. The smallest absolute Gasteiger partial charge is 0.294 e. The maximum Gasteiger partial charge on any atom is 0.294 e. The number of rotatable bonds is 2. The van der Waals surface area contributed by atoms with E-state index in [0.29, 0.717) is 27.8 Å². The van der Waals surface area contributed by atoms with Gasteiger partial charge in [-0.05, 0) is 36.4 Å². The molecule has 7 heteroatoms. The van der Waals surface area contributed by atoms with Crippen LogP contribution in [0.25, 0.3) is 33.5 Å². The van der Waals surface area contributed by atoms with E-state index in [1.54, 1.807) is 25.3 Å². The SMILES string of the molecule is COc1ccc2oc3c(=O)[nH]c(-c4ccc(F)cc4Cl)nc3c2c1. The maximum atomic E-state index is 13.2. The lowest BCUT2D eigenvalue weighted by Crippen LogP contribution is -2.08. The predicted octanol–water partition coefficient (Wildman–Crippen LogP) is 4.14. The average molecular weight is 345 g/mol. The number of furan rings is 1. The summed E-state index contributed by atoms with van der Waals surface area (Å²) in [4.78, 5) is 19.4. The largest absolute Gasteiger partial charge is 0.497 e. The number of nitrogens with zero attached hydrogens (tertiary/aromatic N) is 1. The first-order valence-electron chi connectivity index (χ1n) is 7.03. The highest BCUT2D eigenvalue weighted by atomic mass is 35.5. The van der Waals surface area contributed by atoms with Crippen LogP contribution in [0, 0.1) is 5.82 Å². The maximum absolute atomic E-state index is 13.2. The summed E-state index contributed by atoms with van der Waals surface area (Å²) in [5.74, 6) is 0.391. The highest BCUT2D eigenvalue weighted by Gasteiger charge is 2.16. The molecule has 120 valence electrons. The van der Waals surface area contributed by atoms with Crippen LogP contribution < -0.4 is 10.3 Å². The van der Waals surface area contributed by atoms with Crippen molar-refractivity contribution in [2.45, 2.75) is 0 Å². The Kier molecular flexibility index (Phi) is 3.28. The Bertz CT molecular complexity index is 1150. The number of methoxy groups -OCH3 is 1. The average Bonchev–Trinajstić information content (AvgIpc) is 2.93. The second kappa shape index (κ2) is 5.35. The van der Waals surface area contributed by atoms with E-state index in [9.17, 15) is 9.18 Å². The molecule has 0 aliphatic carbocycles. The summed E-state index contributed by atoms with van der Waals surface area (Å²) in [6.45, 7) is 0. The molecule has 0 saturated carbocycles. The van der Waals surface area contributed by atoms with Gasteiger partial charge in [0.25, 0.3) is 5.56 Å². The van der Waals surface area contributed by atoms with Crippen molar-refractivity contribution in [3.8, 4) is 17.1 Å². The highest BCUT2D eigenvalue weighted by Crippen LogP contribution is 2.31. The number of benzene rings is 2. The van der Waals surface area contributed by atoms with E-state index in [1.165, 1.54) is 12.1 Å². The summed E-state index contributed by atoms with van der Waals surface area (Å²) < 4.78 is 24.0. The van der Waals surface area contributed by atoms with Gasteiger partial charge >= 0.3 is 0 Å². The van der Waals surface area contributed by atoms with Crippen LogP contribution in [0.3, 0.4) is 0 Å². The number of nitrogens with one attached hydrogen (secondary N) is 1. The van der Waals surface area contributed by atoms with Crippen molar-refractivity contribution in [2.24, 2.45) is 0 Å². The normalized spacial score (nSPS) is 11.3. The van der Waals surface area contributed by atoms with Gasteiger partial charge in [-0.25, -0.2) is 9.37 Å². The number of ether oxygens (including phenoxy) is 1. The van der Waals surface area contributed by atoms with E-state index in [0.717, 1.165) is 6.07 Å². The van der Waals surface area contributed by atoms with Crippen molar-refractivity contribution >= 4 is 33.7 Å². The summed E-state index contributed by atoms with van der Waals surface area (Å²) in [5.41, 5.74) is 1.01. The fourth-order valence-corrected chi connectivity index (χ4v) is 2.83. The minimum absolute atomic E-state index is 0.111. The summed E-state index contributed by atoms with van der Waals surface area (Å²) in [5, 5.41) is 0.804. The zero-order valence-electron chi connectivity index (χ0n) is 12.4. The quantitative estimate of drug-likeness (QED) is 0.593. The Balaban J connectivity index is 2.05. The van der Waals surface area contributed by atoms with Crippen LogP contribution >= 0.6 is 11.6 Å². The lowest BCUT2D eigenvalue weighted by Gasteiger charge is -2.03. The van der Waals surface area contributed by atoms with E-state index in [4.69, 9.17) is 20.8 Å². The molecule has 1 N–H and O–H groups in total. The van der Waals surface area contributed by atoms with Gasteiger partial charge in [-0.3, -0.25) is 4.79 Å². The number of fused-ring (bicyclic) bond motifs is 3. The zero-order chi connectivity index (χ0) is 16.8. The summed E-state index contributed by atoms with van der Waals surface area (Å²) in [7, 11) is 1.55. The van der Waals surface area contributed by atoms with Gasteiger partial charge in [-0.1, -0.05) is 11.6 Å². The molecular weight excluding hydrogens is 335 g/mol. The second-order valence-corrected chi connectivity index (χ2v) is 5.59. The van der Waals surface area contributed by atoms with Crippen molar-refractivity contribution in [1.82, 2.24) is 9.97 Å². The number of hydrogen-bond acceptors (Lipinski definition) is 4. The number of aromatic nitrogens is 2. The lowest BCUT2D eigenvalue weighted by atomic mass is 10.2. The van der Waals surface area contributed by atoms with Gasteiger partial charge in [0.05, 0.1) is 17.5 Å². The van der Waals surface area contributed by atoms with Gasteiger partial charge in [0, 0.05) is 5.56 Å². The molecule has 5 nitrogen and oxygen atoms in total. The van der Waals surface area contributed by atoms with Crippen LogP contribution in [-0.2, 0) is 0 Å². The molecular formula is C17H10ClFN2O3. The van der Waals surface area contributed by atoms with Crippen LogP contribution in [0.2, 0.25) is 5.02 Å². The van der Waals surface area contributed by atoms with E-state index in [1.807, 2.05) is 0 Å². The molecule has 4 rings (SSSR count). The summed E-state index contributed by atoms with van der Waals surface area (Å²) in [6.07, 6.45) is 0. The molecule has 0 saturated heterocycles. The van der Waals surface area contributed by atoms with Gasteiger partial charge in [0.15, 0.2) is 0 Å². The molecule has 0 spiro atoms. The van der Waals surface area contributed by atoms with E-state index in [-0.39, 0.29) is 16.4 Å². The minimum atomic E-state index is -0.467. The number of aromatic amines is 1. The fourth-order valence-electron chi connectivity index (χ4n) is 2.57. The van der Waals surface area contributed by atoms with E-state index >= 15 is 0 Å². The Morgan fingerprint density at radius 3 is 2.83 bits per heavy atom. The molecule has 24 heavy (non-hydrogen) atoms. The Hall–Kier alpha value is -2.86. The van der Waals surface area contributed by atoms with Crippen molar-refractivity contribution in [1.29, 1.82) is 0 Å². The van der Waals surface area contributed by atoms with Crippen LogP contribution in [0.4, 0.5) is 4.39 Å². The predicted molar refractivity (Wildman–Crippen MR) is 89.1 cm³/mol. The van der Waals surface area contributed by atoms with Crippen LogP contribution in [0.1, 0.15) is 0 Å². The monoisotopic (exact) mass is 344 g/mol. The number of H-pyrrole nitrogens is 1. The Labute approximate surface area is 139 Å². The fraction of sp³-hybridized carbons (Fsp3) is 0.0588. The summed E-state index contributed by atoms with van der Waals surface area (Å²) >= 11 is 6.06. The van der Waals surface area contributed by atoms with Gasteiger partial charge in [-0.2, -0.15) is 0 Å². The topological polar surface area (TPSA) is 68.1 Å². The van der Waals surface area contributed by atoms with E-state index in [2.05, 4.69) is 9.97 Å². The first-order valence-corrected chi connectivity index (χ1v) is 7.40. The van der Waals surface area contributed by atoms with Gasteiger partial charge in [0.2, 0.25) is 5.58 Å². The van der Waals surface area contributed by atoms with Gasteiger partial charge in [-0.15, -0.1) is 0 Å². The number of halogens is 2. The van der Waals surface area contributed by atoms with Crippen molar-refractivity contribution in [3.63, 3.8) is 0 Å². The van der Waals surface area contributed by atoms with Gasteiger partial charge < -0.3 is 14.1 Å². The van der Waals surface area contributed by atoms with Crippen molar-refractivity contribution in [2.75, 3.05) is 7.11 Å². The summed E-state index contributed by atoms with van der Waals surface area (Å²) in [6, 6.07) is 9.06. The van der Waals surface area contributed by atoms with Gasteiger partial charge in [0.1, 0.15) is 28.5 Å². The van der Waals surface area contributed by atoms with E-state index < -0.39 is 11.4 Å². The molecule has 0 radical (unpaired) electrons. The van der Waals surface area contributed by atoms with Crippen molar-refractivity contribution in [3.05, 3.63) is 57.6 Å². The van der Waals surface area contributed by atoms with Crippen molar-refractivity contribution < 1.29 is 13.5 Å². The number of hydrogen-bond donors (Lipinski definition) is 1. The molecule has 0 amide bonds. The highest BCUT2D eigenvalue weighted by molar-refractivity contribution is 6.33. The first-order chi connectivity index (χ1) is 11.6. The molecule has 0 aliphatic heterocycles.